The van der Waals surface area contributed by atoms with Crippen LogP contribution in [0.3, 0.4) is 0 Å². The molecule has 0 bridgehead atoms. The summed E-state index contributed by atoms with van der Waals surface area (Å²) in [5.74, 6) is -0.338. The summed E-state index contributed by atoms with van der Waals surface area (Å²) in [6.45, 7) is 3.40. The van der Waals surface area contributed by atoms with Crippen LogP contribution in [0.4, 0.5) is 4.79 Å². The number of hydrogen-bond acceptors (Lipinski definition) is 3. The number of rotatable bonds is 0. The van der Waals surface area contributed by atoms with E-state index in [9.17, 15) is 9.59 Å². The lowest BCUT2D eigenvalue weighted by Crippen LogP contribution is -2.18. The maximum Gasteiger partial charge on any atom is 0.419 e. The van der Waals surface area contributed by atoms with Crippen molar-refractivity contribution in [3.8, 4) is 0 Å². The fourth-order valence-electron chi connectivity index (χ4n) is 0.643. The van der Waals surface area contributed by atoms with E-state index in [2.05, 4.69) is 4.74 Å². The number of amides is 2. The maximum absolute atomic E-state index is 10.7. The highest BCUT2D eigenvalue weighted by Gasteiger charge is 2.26. The zero-order valence-corrected chi connectivity index (χ0v) is 5.72. The number of carbonyl (C=O) groups excluding carboxylic acids is 2. The van der Waals surface area contributed by atoms with Crippen molar-refractivity contribution >= 4 is 12.0 Å². The van der Waals surface area contributed by atoms with Gasteiger partial charge in [0.05, 0.1) is 0 Å². The molecule has 54 valence electrons. The Labute approximate surface area is 57.9 Å². The summed E-state index contributed by atoms with van der Waals surface area (Å²) in [5.41, 5.74) is 0.698. The molecule has 0 aromatic heterocycles. The zero-order chi connectivity index (χ0) is 7.72. The van der Waals surface area contributed by atoms with Gasteiger partial charge in [0.1, 0.15) is 0 Å². The number of alkyl carbamates (subject to hydrolysis) is 1. The van der Waals surface area contributed by atoms with E-state index in [0.717, 1.165) is 0 Å². The number of allylic oxidation sites excluding steroid dienone is 1. The third kappa shape index (κ3) is 1.00. The molecule has 0 radical (unpaired) electrons. The summed E-state index contributed by atoms with van der Waals surface area (Å²) >= 11 is 0. The molecular formula is C6H7NO3. The summed E-state index contributed by atoms with van der Waals surface area (Å²) in [4.78, 5) is 21.1. The summed E-state index contributed by atoms with van der Waals surface area (Å²) in [7, 11) is 0. The van der Waals surface area contributed by atoms with E-state index >= 15 is 0 Å². The number of hydrogen-bond donors (Lipinski definition) is 1. The molecule has 1 fully saturated rings. The standard InChI is InChI=1S/C6H7NO3/c1-3(2)4-5(8)7-6(9)10-4/h1-2H3,(H,7,8,9). The molecular weight excluding hydrogens is 134 g/mol. The lowest BCUT2D eigenvalue weighted by atomic mass is 10.3. The molecule has 1 rings (SSSR count). The summed E-state index contributed by atoms with van der Waals surface area (Å²) < 4.78 is 4.52. The second-order valence-electron chi connectivity index (χ2n) is 2.17. The van der Waals surface area contributed by atoms with E-state index in [1.807, 2.05) is 5.32 Å². The van der Waals surface area contributed by atoms with Crippen LogP contribution in [0.15, 0.2) is 11.3 Å². The molecule has 4 nitrogen and oxygen atoms in total. The number of ether oxygens (including phenoxy) is 1. The minimum atomic E-state index is -0.693. The molecule has 0 atom stereocenters. The van der Waals surface area contributed by atoms with Gasteiger partial charge in [-0.05, 0) is 19.4 Å². The van der Waals surface area contributed by atoms with Gasteiger partial charge in [0.25, 0.3) is 5.91 Å². The predicted molar refractivity (Wildman–Crippen MR) is 33.0 cm³/mol. The molecule has 4 heteroatoms. The van der Waals surface area contributed by atoms with Crippen molar-refractivity contribution in [3.63, 3.8) is 0 Å². The lowest BCUT2D eigenvalue weighted by Gasteiger charge is -1.92. The molecule has 0 spiro atoms. The Morgan fingerprint density at radius 2 is 2.00 bits per heavy atom. The van der Waals surface area contributed by atoms with Crippen LogP contribution >= 0.6 is 0 Å². The van der Waals surface area contributed by atoms with Gasteiger partial charge >= 0.3 is 6.09 Å². The number of cyclic esters (lactones) is 1. The third-order valence-electron chi connectivity index (χ3n) is 1.07. The molecule has 0 aromatic rings. The van der Waals surface area contributed by atoms with Gasteiger partial charge in [0.15, 0.2) is 5.76 Å². The Hall–Kier alpha value is -1.32. The van der Waals surface area contributed by atoms with E-state index < -0.39 is 12.0 Å². The van der Waals surface area contributed by atoms with Gasteiger partial charge in [-0.3, -0.25) is 10.1 Å². The van der Waals surface area contributed by atoms with Crippen molar-refractivity contribution in [2.45, 2.75) is 13.8 Å². The first-order valence-electron chi connectivity index (χ1n) is 2.82. The first-order valence-corrected chi connectivity index (χ1v) is 2.82. The van der Waals surface area contributed by atoms with Gasteiger partial charge < -0.3 is 4.74 Å². The SMILES string of the molecule is CC(C)=C1OC(=O)NC1=O. The number of nitrogens with one attached hydrogen (secondary N) is 1. The molecule has 0 aromatic carbocycles. The van der Waals surface area contributed by atoms with Crippen molar-refractivity contribution in [2.75, 3.05) is 0 Å². The van der Waals surface area contributed by atoms with E-state index in [1.54, 1.807) is 13.8 Å². The summed E-state index contributed by atoms with van der Waals surface area (Å²) in [6, 6.07) is 0. The van der Waals surface area contributed by atoms with Gasteiger partial charge in [0.2, 0.25) is 0 Å². The highest BCUT2D eigenvalue weighted by molar-refractivity contribution is 6.07. The smallest absolute Gasteiger partial charge is 0.404 e. The molecule has 0 saturated carbocycles. The van der Waals surface area contributed by atoms with E-state index in [0.29, 0.717) is 5.57 Å². The molecule has 1 aliphatic heterocycles. The van der Waals surface area contributed by atoms with Gasteiger partial charge in [-0.1, -0.05) is 0 Å². The second-order valence-corrected chi connectivity index (χ2v) is 2.17. The molecule has 0 unspecified atom stereocenters. The van der Waals surface area contributed by atoms with Crippen LogP contribution in [0.1, 0.15) is 13.8 Å². The highest BCUT2D eigenvalue weighted by Crippen LogP contribution is 2.10. The molecule has 0 aliphatic carbocycles. The fraction of sp³-hybridized carbons (Fsp3) is 0.333. The normalized spacial score (nSPS) is 16.8. The van der Waals surface area contributed by atoms with Crippen molar-refractivity contribution in [3.05, 3.63) is 11.3 Å². The zero-order valence-electron chi connectivity index (χ0n) is 5.72. The number of carbonyl (C=O) groups is 2. The minimum Gasteiger partial charge on any atom is -0.404 e. The van der Waals surface area contributed by atoms with E-state index in [4.69, 9.17) is 0 Å². The van der Waals surface area contributed by atoms with Crippen molar-refractivity contribution < 1.29 is 14.3 Å². The van der Waals surface area contributed by atoms with Crippen LogP contribution in [0.25, 0.3) is 0 Å². The largest absolute Gasteiger partial charge is 0.419 e. The first kappa shape index (κ1) is 6.80. The Morgan fingerprint density at radius 1 is 1.40 bits per heavy atom. The van der Waals surface area contributed by atoms with Crippen LogP contribution < -0.4 is 5.32 Å². The summed E-state index contributed by atoms with van der Waals surface area (Å²) in [6.07, 6.45) is -0.693. The maximum atomic E-state index is 10.7. The molecule has 1 saturated heterocycles. The first-order chi connectivity index (χ1) is 4.61. The van der Waals surface area contributed by atoms with Gasteiger partial charge in [-0.2, -0.15) is 0 Å². The van der Waals surface area contributed by atoms with E-state index in [-0.39, 0.29) is 5.76 Å². The van der Waals surface area contributed by atoms with Crippen LogP contribution in [0, 0.1) is 0 Å². The lowest BCUT2D eigenvalue weighted by molar-refractivity contribution is -0.116. The highest BCUT2D eigenvalue weighted by atomic mass is 16.6. The molecule has 1 heterocycles. The fourth-order valence-corrected chi connectivity index (χ4v) is 0.643. The Bertz CT molecular complexity index is 225. The summed E-state index contributed by atoms with van der Waals surface area (Å²) in [5, 5.41) is 1.99. The Balaban J connectivity index is 2.93. The van der Waals surface area contributed by atoms with Crippen LogP contribution in [0.2, 0.25) is 0 Å². The van der Waals surface area contributed by atoms with Gasteiger partial charge in [0, 0.05) is 0 Å². The van der Waals surface area contributed by atoms with Crippen LogP contribution in [0.5, 0.6) is 0 Å². The van der Waals surface area contributed by atoms with Gasteiger partial charge in [-0.15, -0.1) is 0 Å². The average molecular weight is 141 g/mol. The third-order valence-corrected chi connectivity index (χ3v) is 1.07. The minimum absolute atomic E-state index is 0.116. The van der Waals surface area contributed by atoms with Crippen molar-refractivity contribution in [1.82, 2.24) is 5.32 Å². The monoisotopic (exact) mass is 141 g/mol. The topological polar surface area (TPSA) is 55.4 Å². The van der Waals surface area contributed by atoms with Crippen LogP contribution in [-0.4, -0.2) is 12.0 Å². The predicted octanol–water partition coefficient (Wildman–Crippen LogP) is 0.547. The molecule has 1 N–H and O–H groups in total. The van der Waals surface area contributed by atoms with Gasteiger partial charge in [-0.25, -0.2) is 4.79 Å². The quantitative estimate of drug-likeness (QED) is 0.501. The number of imide groups is 1. The van der Waals surface area contributed by atoms with Crippen LogP contribution in [-0.2, 0) is 9.53 Å². The molecule has 10 heavy (non-hydrogen) atoms. The Morgan fingerprint density at radius 3 is 2.20 bits per heavy atom. The average Bonchev–Trinajstić information content (AvgIpc) is 2.10. The van der Waals surface area contributed by atoms with E-state index in [1.165, 1.54) is 0 Å². The van der Waals surface area contributed by atoms with Crippen molar-refractivity contribution in [2.24, 2.45) is 0 Å². The molecule has 1 aliphatic rings. The van der Waals surface area contributed by atoms with Crippen molar-refractivity contribution in [1.29, 1.82) is 0 Å². The second kappa shape index (κ2) is 2.13. The Kier molecular flexibility index (Phi) is 1.45. The molecule has 2 amide bonds.